The molecule has 1 aromatic rings. The highest BCUT2D eigenvalue weighted by Crippen LogP contribution is 2.25. The molecule has 17 heavy (non-hydrogen) atoms. The molecular weight excluding hydrogens is 238 g/mol. The van der Waals surface area contributed by atoms with Crippen molar-refractivity contribution >= 4 is 17.4 Å². The minimum Gasteiger partial charge on any atom is -0.393 e. The first kappa shape index (κ1) is 12.6. The van der Waals surface area contributed by atoms with Crippen molar-refractivity contribution in [3.8, 4) is 0 Å². The van der Waals surface area contributed by atoms with Crippen LogP contribution in [0, 0.1) is 5.92 Å². The van der Waals surface area contributed by atoms with E-state index < -0.39 is 0 Å². The van der Waals surface area contributed by atoms with Crippen LogP contribution in [0.3, 0.4) is 0 Å². The van der Waals surface area contributed by atoms with E-state index in [0.717, 1.165) is 38.2 Å². The van der Waals surface area contributed by atoms with E-state index in [2.05, 4.69) is 21.8 Å². The third-order valence-electron chi connectivity index (χ3n) is 3.30. The highest BCUT2D eigenvalue weighted by Gasteiger charge is 2.27. The van der Waals surface area contributed by atoms with E-state index in [1.807, 2.05) is 0 Å². The fourth-order valence-corrected chi connectivity index (χ4v) is 2.52. The maximum absolute atomic E-state index is 9.93. The van der Waals surface area contributed by atoms with Crippen molar-refractivity contribution < 1.29 is 5.11 Å². The zero-order valence-corrected chi connectivity index (χ0v) is 10.8. The molecular formula is C12H18ClN3O. The molecule has 1 aliphatic heterocycles. The van der Waals surface area contributed by atoms with Crippen molar-refractivity contribution in [3.05, 3.63) is 17.5 Å². The van der Waals surface area contributed by atoms with E-state index >= 15 is 0 Å². The minimum absolute atomic E-state index is 0.177. The highest BCUT2D eigenvalue weighted by atomic mass is 35.5. The summed E-state index contributed by atoms with van der Waals surface area (Å²) in [7, 11) is 0. The van der Waals surface area contributed by atoms with Crippen LogP contribution in [0.5, 0.6) is 0 Å². The summed E-state index contributed by atoms with van der Waals surface area (Å²) in [6.07, 6.45) is 4.25. The zero-order valence-electron chi connectivity index (χ0n) is 10.0. The Kier molecular flexibility index (Phi) is 4.18. The standard InChI is InChI=1S/C12H18ClN3O/c1-2-3-9-7-16(5-4-10(9)17)12-6-11(13)14-8-15-12/h6,8-10,17H,2-5,7H2,1H3/t9-,10+/m0/s1. The van der Waals surface area contributed by atoms with Crippen LogP contribution in [-0.2, 0) is 0 Å². The lowest BCUT2D eigenvalue weighted by atomic mass is 9.91. The predicted molar refractivity (Wildman–Crippen MR) is 68.3 cm³/mol. The first-order valence-electron chi connectivity index (χ1n) is 6.11. The molecule has 0 unspecified atom stereocenters. The van der Waals surface area contributed by atoms with Gasteiger partial charge in [0.15, 0.2) is 0 Å². The second-order valence-electron chi connectivity index (χ2n) is 4.55. The molecule has 1 N–H and O–H groups in total. The average molecular weight is 256 g/mol. The Morgan fingerprint density at radius 1 is 1.53 bits per heavy atom. The number of piperidine rings is 1. The van der Waals surface area contributed by atoms with Crippen molar-refractivity contribution in [1.29, 1.82) is 0 Å². The van der Waals surface area contributed by atoms with Gasteiger partial charge in [-0.15, -0.1) is 0 Å². The van der Waals surface area contributed by atoms with Gasteiger partial charge in [0.25, 0.3) is 0 Å². The summed E-state index contributed by atoms with van der Waals surface area (Å²) in [6, 6.07) is 1.78. The van der Waals surface area contributed by atoms with Gasteiger partial charge in [-0.1, -0.05) is 24.9 Å². The summed E-state index contributed by atoms with van der Waals surface area (Å²) in [5, 5.41) is 10.4. The van der Waals surface area contributed by atoms with Crippen LogP contribution in [-0.4, -0.2) is 34.3 Å². The molecule has 1 saturated heterocycles. The summed E-state index contributed by atoms with van der Waals surface area (Å²) in [5.41, 5.74) is 0. The fourth-order valence-electron chi connectivity index (χ4n) is 2.38. The lowest BCUT2D eigenvalue weighted by Gasteiger charge is -2.36. The van der Waals surface area contributed by atoms with Crippen LogP contribution >= 0.6 is 11.6 Å². The quantitative estimate of drug-likeness (QED) is 0.841. The maximum Gasteiger partial charge on any atom is 0.134 e. The van der Waals surface area contributed by atoms with Gasteiger partial charge in [0.05, 0.1) is 6.10 Å². The van der Waals surface area contributed by atoms with Gasteiger partial charge in [-0.2, -0.15) is 0 Å². The summed E-state index contributed by atoms with van der Waals surface area (Å²) in [5.74, 6) is 1.19. The van der Waals surface area contributed by atoms with E-state index in [4.69, 9.17) is 11.6 Å². The number of aromatic nitrogens is 2. The second-order valence-corrected chi connectivity index (χ2v) is 4.94. The number of aliphatic hydroxyl groups excluding tert-OH is 1. The van der Waals surface area contributed by atoms with E-state index in [1.165, 1.54) is 6.33 Å². The van der Waals surface area contributed by atoms with Gasteiger partial charge in [-0.05, 0) is 12.8 Å². The van der Waals surface area contributed by atoms with Crippen LogP contribution < -0.4 is 4.90 Å². The van der Waals surface area contributed by atoms with Crippen molar-refractivity contribution in [3.63, 3.8) is 0 Å². The van der Waals surface area contributed by atoms with Crippen molar-refractivity contribution in [2.45, 2.75) is 32.3 Å². The van der Waals surface area contributed by atoms with Crippen LogP contribution in [0.1, 0.15) is 26.2 Å². The van der Waals surface area contributed by atoms with Crippen molar-refractivity contribution in [2.24, 2.45) is 5.92 Å². The van der Waals surface area contributed by atoms with Crippen molar-refractivity contribution in [2.75, 3.05) is 18.0 Å². The van der Waals surface area contributed by atoms with Gasteiger partial charge < -0.3 is 10.0 Å². The Hall–Kier alpha value is -0.870. The van der Waals surface area contributed by atoms with Crippen LogP contribution in [0.15, 0.2) is 12.4 Å². The molecule has 2 heterocycles. The second kappa shape index (κ2) is 5.65. The van der Waals surface area contributed by atoms with Crippen LogP contribution in [0.25, 0.3) is 0 Å². The minimum atomic E-state index is -0.177. The third-order valence-corrected chi connectivity index (χ3v) is 3.50. The third kappa shape index (κ3) is 3.07. The number of halogens is 1. The predicted octanol–water partition coefficient (Wildman–Crippen LogP) is 2.12. The van der Waals surface area contributed by atoms with Crippen LogP contribution in [0.2, 0.25) is 5.15 Å². The number of nitrogens with zero attached hydrogens (tertiary/aromatic N) is 3. The summed E-state index contributed by atoms with van der Waals surface area (Å²) >= 11 is 5.86. The Morgan fingerprint density at radius 3 is 3.06 bits per heavy atom. The molecule has 2 atom stereocenters. The van der Waals surface area contributed by atoms with E-state index in [9.17, 15) is 5.11 Å². The largest absolute Gasteiger partial charge is 0.393 e. The van der Waals surface area contributed by atoms with E-state index in [0.29, 0.717) is 11.1 Å². The molecule has 1 aromatic heterocycles. The van der Waals surface area contributed by atoms with Gasteiger partial charge in [0.1, 0.15) is 17.3 Å². The molecule has 0 bridgehead atoms. The number of hydrogen-bond donors (Lipinski definition) is 1. The molecule has 2 rings (SSSR count). The Bertz CT molecular complexity index is 375. The molecule has 0 amide bonds. The topological polar surface area (TPSA) is 49.2 Å². The monoisotopic (exact) mass is 255 g/mol. The number of aliphatic hydroxyl groups is 1. The summed E-state index contributed by atoms with van der Waals surface area (Å²) in [4.78, 5) is 10.3. The lowest BCUT2D eigenvalue weighted by molar-refractivity contribution is 0.0828. The normalized spacial score (nSPS) is 25.0. The lowest BCUT2D eigenvalue weighted by Crippen LogP contribution is -2.43. The Balaban J connectivity index is 2.07. The molecule has 5 heteroatoms. The van der Waals surface area contributed by atoms with Crippen molar-refractivity contribution in [1.82, 2.24) is 9.97 Å². The number of hydrogen-bond acceptors (Lipinski definition) is 4. The van der Waals surface area contributed by atoms with Gasteiger partial charge in [-0.3, -0.25) is 0 Å². The molecule has 0 radical (unpaired) electrons. The molecule has 1 fully saturated rings. The first-order chi connectivity index (χ1) is 8.20. The molecule has 0 spiro atoms. The maximum atomic E-state index is 9.93. The van der Waals surface area contributed by atoms with Gasteiger partial charge in [-0.25, -0.2) is 9.97 Å². The zero-order chi connectivity index (χ0) is 12.3. The average Bonchev–Trinajstić information content (AvgIpc) is 2.32. The molecule has 4 nitrogen and oxygen atoms in total. The smallest absolute Gasteiger partial charge is 0.134 e. The number of rotatable bonds is 3. The summed E-state index contributed by atoms with van der Waals surface area (Å²) in [6.45, 7) is 3.82. The molecule has 0 aromatic carbocycles. The molecule has 1 aliphatic rings. The van der Waals surface area contributed by atoms with Gasteiger partial charge >= 0.3 is 0 Å². The molecule has 0 aliphatic carbocycles. The van der Waals surface area contributed by atoms with Crippen LogP contribution in [0.4, 0.5) is 5.82 Å². The first-order valence-corrected chi connectivity index (χ1v) is 6.49. The molecule has 94 valence electrons. The van der Waals surface area contributed by atoms with E-state index in [1.54, 1.807) is 6.07 Å². The Morgan fingerprint density at radius 2 is 2.35 bits per heavy atom. The molecule has 0 saturated carbocycles. The SMILES string of the molecule is CCC[C@H]1CN(c2cc(Cl)ncn2)CC[C@H]1O. The van der Waals surface area contributed by atoms with E-state index in [-0.39, 0.29) is 6.10 Å². The van der Waals surface area contributed by atoms with Gasteiger partial charge in [0.2, 0.25) is 0 Å². The summed E-state index contributed by atoms with van der Waals surface area (Å²) < 4.78 is 0. The number of anilines is 1. The fraction of sp³-hybridized carbons (Fsp3) is 0.667. The highest BCUT2D eigenvalue weighted by molar-refractivity contribution is 6.29. The van der Waals surface area contributed by atoms with Gasteiger partial charge in [0, 0.05) is 25.1 Å². The Labute approximate surface area is 107 Å².